The fraction of sp³-hybridized carbons (Fsp3) is 0.0857. The maximum atomic E-state index is 14.5. The fourth-order valence-electron chi connectivity index (χ4n) is 5.79. The van der Waals surface area contributed by atoms with E-state index in [0.717, 1.165) is 27.1 Å². The zero-order valence-electron chi connectivity index (χ0n) is 23.8. The number of carbonyl (C=O) groups excluding carboxylic acids is 2. The molecular weight excluding hydrogens is 672 g/mol. The SMILES string of the molecule is CC1=C(C(=O)Nc2ccccc2)[C@@H](c2ccc(Cl)cc2)n2c(s/c(=C3\C(=O)N(Cc4ccccc4)c4ccc(Br)cc43)c2=O)=N1. The van der Waals surface area contributed by atoms with E-state index in [-0.39, 0.29) is 16.3 Å². The Morgan fingerprint density at radius 1 is 0.956 bits per heavy atom. The molecule has 10 heteroatoms. The van der Waals surface area contributed by atoms with Crippen molar-refractivity contribution in [1.82, 2.24) is 4.57 Å². The summed E-state index contributed by atoms with van der Waals surface area (Å²) in [5, 5.41) is 3.48. The van der Waals surface area contributed by atoms with Crippen LogP contribution in [0.4, 0.5) is 11.4 Å². The van der Waals surface area contributed by atoms with E-state index in [1.807, 2.05) is 66.7 Å². The van der Waals surface area contributed by atoms with Gasteiger partial charge in [-0.05, 0) is 60.5 Å². The molecule has 3 heterocycles. The third kappa shape index (κ3) is 5.27. The van der Waals surface area contributed by atoms with E-state index in [0.29, 0.717) is 50.0 Å². The molecule has 0 bridgehead atoms. The first-order valence-corrected chi connectivity index (χ1v) is 16.1. The van der Waals surface area contributed by atoms with Crippen LogP contribution in [-0.4, -0.2) is 16.4 Å². The summed E-state index contributed by atoms with van der Waals surface area (Å²) in [5.41, 5.74) is 4.40. The zero-order chi connectivity index (χ0) is 31.2. The number of anilines is 2. The van der Waals surface area contributed by atoms with Gasteiger partial charge in [0.1, 0.15) is 4.53 Å². The first-order valence-electron chi connectivity index (χ1n) is 14.1. The number of para-hydroxylation sites is 1. The van der Waals surface area contributed by atoms with E-state index in [2.05, 4.69) is 21.2 Å². The number of benzene rings is 4. The molecule has 0 spiro atoms. The highest BCUT2D eigenvalue weighted by Gasteiger charge is 2.37. The normalized spacial score (nSPS) is 16.7. The molecule has 0 saturated heterocycles. The minimum atomic E-state index is -0.796. The second kappa shape index (κ2) is 11.7. The topological polar surface area (TPSA) is 83.8 Å². The lowest BCUT2D eigenvalue weighted by molar-refractivity contribution is -0.114. The van der Waals surface area contributed by atoms with Crippen LogP contribution in [0.1, 0.15) is 29.7 Å². The third-order valence-corrected chi connectivity index (χ3v) is 9.65. The Morgan fingerprint density at radius 2 is 1.64 bits per heavy atom. The molecule has 0 radical (unpaired) electrons. The molecule has 0 fully saturated rings. The summed E-state index contributed by atoms with van der Waals surface area (Å²) in [4.78, 5) is 49.4. The zero-order valence-corrected chi connectivity index (χ0v) is 27.0. The van der Waals surface area contributed by atoms with Gasteiger partial charge >= 0.3 is 0 Å². The number of carbonyl (C=O) groups is 2. The van der Waals surface area contributed by atoms with Gasteiger partial charge in [0.25, 0.3) is 17.4 Å². The van der Waals surface area contributed by atoms with Crippen molar-refractivity contribution in [1.29, 1.82) is 0 Å². The summed E-state index contributed by atoms with van der Waals surface area (Å²) in [5.74, 6) is -0.640. The van der Waals surface area contributed by atoms with E-state index in [1.54, 1.807) is 48.2 Å². The van der Waals surface area contributed by atoms with Crippen molar-refractivity contribution >= 4 is 67.6 Å². The third-order valence-electron chi connectivity index (χ3n) is 7.85. The van der Waals surface area contributed by atoms with Gasteiger partial charge in [0.15, 0.2) is 4.80 Å². The first kappa shape index (κ1) is 29.2. The van der Waals surface area contributed by atoms with Crippen LogP contribution in [-0.2, 0) is 16.1 Å². The number of halogens is 2. The number of allylic oxidation sites excluding steroid dienone is 1. The van der Waals surface area contributed by atoms with Gasteiger partial charge in [-0.15, -0.1) is 0 Å². The first-order chi connectivity index (χ1) is 21.8. The highest BCUT2D eigenvalue weighted by atomic mass is 79.9. The highest BCUT2D eigenvalue weighted by molar-refractivity contribution is 9.10. The van der Waals surface area contributed by atoms with Crippen molar-refractivity contribution in [2.45, 2.75) is 19.5 Å². The number of hydrogen-bond acceptors (Lipinski definition) is 5. The van der Waals surface area contributed by atoms with E-state index in [4.69, 9.17) is 16.6 Å². The average Bonchev–Trinajstić information content (AvgIpc) is 3.49. The summed E-state index contributed by atoms with van der Waals surface area (Å²) >= 11 is 10.9. The maximum absolute atomic E-state index is 14.5. The Labute approximate surface area is 275 Å². The van der Waals surface area contributed by atoms with Crippen LogP contribution in [0.2, 0.25) is 5.02 Å². The molecule has 0 unspecified atom stereocenters. The van der Waals surface area contributed by atoms with Crippen molar-refractivity contribution in [3.63, 3.8) is 0 Å². The van der Waals surface area contributed by atoms with Crippen molar-refractivity contribution < 1.29 is 9.59 Å². The van der Waals surface area contributed by atoms with Gasteiger partial charge in [-0.25, -0.2) is 4.99 Å². The number of rotatable bonds is 5. The standard InChI is InChI=1S/C35H24BrClN4O3S/c1-20-28(32(42)39-25-10-6-3-7-11-25)30(22-12-15-24(37)16-13-22)41-34(44)31(45-35(41)38-20)29-26-18-23(36)14-17-27(26)40(33(29)43)19-21-8-4-2-5-9-21/h2-18,30H,19H2,1H3,(H,39,42)/b31-29-/t30-/m1/s1. The van der Waals surface area contributed by atoms with Gasteiger partial charge in [0, 0.05) is 20.7 Å². The smallest absolute Gasteiger partial charge is 0.271 e. The molecule has 45 heavy (non-hydrogen) atoms. The number of nitrogens with zero attached hydrogens (tertiary/aromatic N) is 3. The molecule has 0 aliphatic carbocycles. The Bertz CT molecular complexity index is 2210. The van der Waals surface area contributed by atoms with Crippen LogP contribution >= 0.6 is 38.9 Å². The molecule has 0 saturated carbocycles. The molecule has 2 amide bonds. The molecule has 1 atom stereocenters. The van der Waals surface area contributed by atoms with Gasteiger partial charge in [-0.1, -0.05) is 99.5 Å². The van der Waals surface area contributed by atoms with E-state index in [9.17, 15) is 14.4 Å². The molecule has 1 N–H and O–H groups in total. The molecule has 2 aliphatic heterocycles. The van der Waals surface area contributed by atoms with Crippen LogP contribution in [0.25, 0.3) is 5.57 Å². The minimum absolute atomic E-state index is 0.266. The van der Waals surface area contributed by atoms with Gasteiger partial charge in [-0.3, -0.25) is 19.0 Å². The van der Waals surface area contributed by atoms with Gasteiger partial charge in [0.2, 0.25) is 0 Å². The van der Waals surface area contributed by atoms with Gasteiger partial charge < -0.3 is 10.2 Å². The van der Waals surface area contributed by atoms with Crippen LogP contribution in [0.3, 0.4) is 0 Å². The second-order valence-corrected chi connectivity index (χ2v) is 13.0. The van der Waals surface area contributed by atoms with Crippen LogP contribution in [0.5, 0.6) is 0 Å². The Morgan fingerprint density at radius 3 is 2.36 bits per heavy atom. The second-order valence-electron chi connectivity index (χ2n) is 10.7. The van der Waals surface area contributed by atoms with E-state index in [1.165, 1.54) is 4.57 Å². The summed E-state index contributed by atoms with van der Waals surface area (Å²) in [6, 6.07) is 30.8. The van der Waals surface area contributed by atoms with Crippen molar-refractivity contribution in [3.05, 3.63) is 160 Å². The lowest BCUT2D eigenvalue weighted by Crippen LogP contribution is -2.41. The highest BCUT2D eigenvalue weighted by Crippen LogP contribution is 2.38. The Balaban J connectivity index is 1.42. The Kier molecular flexibility index (Phi) is 7.61. The molecule has 5 aromatic rings. The van der Waals surface area contributed by atoms with Crippen molar-refractivity contribution in [2.24, 2.45) is 4.99 Å². The molecule has 2 aliphatic rings. The maximum Gasteiger partial charge on any atom is 0.271 e. The van der Waals surface area contributed by atoms with Crippen LogP contribution < -0.4 is 25.1 Å². The summed E-state index contributed by atoms with van der Waals surface area (Å²) in [6.07, 6.45) is 0. The molecule has 222 valence electrons. The van der Waals surface area contributed by atoms with E-state index >= 15 is 0 Å². The summed E-state index contributed by atoms with van der Waals surface area (Å²) in [7, 11) is 0. The monoisotopic (exact) mass is 694 g/mol. The number of thiazole rings is 1. The van der Waals surface area contributed by atoms with Crippen LogP contribution in [0, 0.1) is 0 Å². The average molecular weight is 696 g/mol. The molecule has 7 rings (SSSR count). The van der Waals surface area contributed by atoms with Crippen molar-refractivity contribution in [2.75, 3.05) is 10.2 Å². The van der Waals surface area contributed by atoms with Gasteiger partial charge in [-0.2, -0.15) is 0 Å². The molecule has 7 nitrogen and oxygen atoms in total. The number of aromatic nitrogens is 1. The lowest BCUT2D eigenvalue weighted by Gasteiger charge is -2.25. The quantitative estimate of drug-likeness (QED) is 0.238. The Hall–Kier alpha value is -4.57. The molecule has 4 aromatic carbocycles. The predicted octanol–water partition coefficient (Wildman–Crippen LogP) is 6.21. The van der Waals surface area contributed by atoms with Crippen LogP contribution in [0.15, 0.2) is 129 Å². The fourth-order valence-corrected chi connectivity index (χ4v) is 7.41. The van der Waals surface area contributed by atoms with Crippen molar-refractivity contribution in [3.8, 4) is 0 Å². The number of fused-ring (bicyclic) bond motifs is 2. The van der Waals surface area contributed by atoms with Gasteiger partial charge in [0.05, 0.1) is 35.1 Å². The summed E-state index contributed by atoms with van der Waals surface area (Å²) < 4.78 is 2.58. The molecule has 1 aromatic heterocycles. The summed E-state index contributed by atoms with van der Waals surface area (Å²) in [6.45, 7) is 2.12. The number of hydrogen-bond donors (Lipinski definition) is 1. The minimum Gasteiger partial charge on any atom is -0.322 e. The molecular formula is C35H24BrClN4O3S. The predicted molar refractivity (Wildman–Crippen MR) is 181 cm³/mol. The lowest BCUT2D eigenvalue weighted by atomic mass is 9.95. The number of amides is 2. The number of nitrogens with one attached hydrogen (secondary N) is 1. The van der Waals surface area contributed by atoms with E-state index < -0.39 is 11.6 Å². The largest absolute Gasteiger partial charge is 0.322 e.